The number of benzene rings is 1. The van der Waals surface area contributed by atoms with Gasteiger partial charge in [-0.1, -0.05) is 18.2 Å². The van der Waals surface area contributed by atoms with E-state index in [4.69, 9.17) is 9.57 Å². The van der Waals surface area contributed by atoms with E-state index in [1.54, 1.807) is 43.0 Å². The summed E-state index contributed by atoms with van der Waals surface area (Å²) in [6.07, 6.45) is 0.0608. The van der Waals surface area contributed by atoms with Crippen LogP contribution in [0.2, 0.25) is 0 Å². The van der Waals surface area contributed by atoms with E-state index in [2.05, 4.69) is 5.32 Å². The maximum absolute atomic E-state index is 13.0. The predicted molar refractivity (Wildman–Crippen MR) is 109 cm³/mol. The molecule has 0 radical (unpaired) electrons. The van der Waals surface area contributed by atoms with Gasteiger partial charge < -0.3 is 15.0 Å². The van der Waals surface area contributed by atoms with Crippen LogP contribution in [0, 0.1) is 0 Å². The van der Waals surface area contributed by atoms with Gasteiger partial charge in [0.05, 0.1) is 13.0 Å². The Labute approximate surface area is 179 Å². The molecule has 9 nitrogen and oxygen atoms in total. The molecule has 1 N–H and O–H groups in total. The minimum absolute atomic E-state index is 0.0608. The van der Waals surface area contributed by atoms with Gasteiger partial charge in [0.1, 0.15) is 25.2 Å². The van der Waals surface area contributed by atoms with Gasteiger partial charge in [0, 0.05) is 23.6 Å². The molecule has 1 aromatic carbocycles. The van der Waals surface area contributed by atoms with E-state index < -0.39 is 18.0 Å². The van der Waals surface area contributed by atoms with Crippen molar-refractivity contribution in [2.24, 2.45) is 0 Å². The highest BCUT2D eigenvalue weighted by Crippen LogP contribution is 2.17. The lowest BCUT2D eigenvalue weighted by Crippen LogP contribution is -2.53. The first-order chi connectivity index (χ1) is 14.5. The van der Waals surface area contributed by atoms with Crippen molar-refractivity contribution in [3.63, 3.8) is 0 Å². The Morgan fingerprint density at radius 1 is 1.30 bits per heavy atom. The van der Waals surface area contributed by atoms with Crippen molar-refractivity contribution in [2.75, 3.05) is 37.8 Å². The van der Waals surface area contributed by atoms with E-state index in [9.17, 15) is 19.2 Å². The highest BCUT2D eigenvalue weighted by Gasteiger charge is 2.36. The Morgan fingerprint density at radius 2 is 2.07 bits per heavy atom. The SMILES string of the molecule is CCON(C(=O)CN1CCSCC(NC(=O)c2ccccc2)C1=O)C1COC(=O)C1. The summed E-state index contributed by atoms with van der Waals surface area (Å²) >= 11 is 1.54. The summed E-state index contributed by atoms with van der Waals surface area (Å²) in [5, 5.41) is 3.92. The van der Waals surface area contributed by atoms with E-state index in [1.807, 2.05) is 6.07 Å². The molecule has 30 heavy (non-hydrogen) atoms. The molecule has 0 aliphatic carbocycles. The molecule has 2 aliphatic rings. The van der Waals surface area contributed by atoms with E-state index >= 15 is 0 Å². The molecule has 10 heteroatoms. The summed E-state index contributed by atoms with van der Waals surface area (Å²) in [7, 11) is 0. The second kappa shape index (κ2) is 10.4. The fourth-order valence-corrected chi connectivity index (χ4v) is 4.25. The molecular formula is C20H25N3O6S. The molecule has 2 unspecified atom stereocenters. The van der Waals surface area contributed by atoms with Crippen LogP contribution in [0.15, 0.2) is 30.3 Å². The van der Waals surface area contributed by atoms with Crippen molar-refractivity contribution < 1.29 is 28.8 Å². The van der Waals surface area contributed by atoms with Crippen LogP contribution in [-0.4, -0.2) is 83.5 Å². The van der Waals surface area contributed by atoms with Crippen LogP contribution in [0.4, 0.5) is 0 Å². The van der Waals surface area contributed by atoms with Crippen molar-refractivity contribution in [1.29, 1.82) is 0 Å². The molecule has 2 fully saturated rings. The van der Waals surface area contributed by atoms with Crippen molar-refractivity contribution in [3.8, 4) is 0 Å². The van der Waals surface area contributed by atoms with Crippen LogP contribution >= 0.6 is 11.8 Å². The number of carbonyl (C=O) groups excluding carboxylic acids is 4. The van der Waals surface area contributed by atoms with Gasteiger partial charge in [-0.3, -0.25) is 24.0 Å². The van der Waals surface area contributed by atoms with Gasteiger partial charge >= 0.3 is 5.97 Å². The Morgan fingerprint density at radius 3 is 2.73 bits per heavy atom. The number of hydrogen-bond donors (Lipinski definition) is 1. The highest BCUT2D eigenvalue weighted by atomic mass is 32.2. The van der Waals surface area contributed by atoms with Crippen LogP contribution < -0.4 is 5.32 Å². The molecule has 1 aromatic rings. The van der Waals surface area contributed by atoms with Crippen LogP contribution in [0.5, 0.6) is 0 Å². The number of hydroxylamine groups is 2. The number of hydrogen-bond acceptors (Lipinski definition) is 7. The summed E-state index contributed by atoms with van der Waals surface area (Å²) in [6, 6.07) is 7.44. The predicted octanol–water partition coefficient (Wildman–Crippen LogP) is 0.456. The number of carbonyl (C=O) groups is 4. The number of nitrogens with zero attached hydrogens (tertiary/aromatic N) is 2. The Balaban J connectivity index is 1.65. The summed E-state index contributed by atoms with van der Waals surface area (Å²) < 4.78 is 4.93. The molecule has 0 bridgehead atoms. The monoisotopic (exact) mass is 435 g/mol. The van der Waals surface area contributed by atoms with Gasteiger partial charge in [0.2, 0.25) is 5.91 Å². The van der Waals surface area contributed by atoms with E-state index in [0.29, 0.717) is 23.6 Å². The maximum atomic E-state index is 13.0. The average molecular weight is 436 g/mol. The first-order valence-electron chi connectivity index (χ1n) is 9.82. The third-order valence-corrected chi connectivity index (χ3v) is 5.79. The second-order valence-corrected chi connectivity index (χ2v) is 8.05. The average Bonchev–Trinajstić information content (AvgIpc) is 3.11. The molecule has 162 valence electrons. The topological polar surface area (TPSA) is 105 Å². The van der Waals surface area contributed by atoms with E-state index in [1.165, 1.54) is 4.90 Å². The van der Waals surface area contributed by atoms with Crippen LogP contribution in [-0.2, 0) is 24.0 Å². The Hall–Kier alpha value is -2.59. The van der Waals surface area contributed by atoms with Gasteiger partial charge in [-0.05, 0) is 19.1 Å². The normalized spacial score (nSPS) is 21.7. The summed E-state index contributed by atoms with van der Waals surface area (Å²) in [5.41, 5.74) is 0.468. The van der Waals surface area contributed by atoms with Crippen LogP contribution in [0.1, 0.15) is 23.7 Å². The molecule has 2 atom stereocenters. The summed E-state index contributed by atoms with van der Waals surface area (Å²) in [6.45, 7) is 2.25. The third kappa shape index (κ3) is 5.51. The van der Waals surface area contributed by atoms with E-state index in [0.717, 1.165) is 5.06 Å². The van der Waals surface area contributed by atoms with Crippen molar-refractivity contribution in [3.05, 3.63) is 35.9 Å². The molecule has 3 amide bonds. The van der Waals surface area contributed by atoms with E-state index in [-0.39, 0.29) is 44.0 Å². The largest absolute Gasteiger partial charge is 0.463 e. The number of cyclic esters (lactones) is 1. The molecular weight excluding hydrogens is 410 g/mol. The molecule has 2 heterocycles. The zero-order valence-corrected chi connectivity index (χ0v) is 17.6. The quantitative estimate of drug-likeness (QED) is 0.490. The van der Waals surface area contributed by atoms with Gasteiger partial charge in [-0.2, -0.15) is 11.8 Å². The first-order valence-corrected chi connectivity index (χ1v) is 11.0. The lowest BCUT2D eigenvalue weighted by molar-refractivity contribution is -0.199. The van der Waals surface area contributed by atoms with Crippen LogP contribution in [0.25, 0.3) is 0 Å². The van der Waals surface area contributed by atoms with Gasteiger partial charge in [-0.15, -0.1) is 0 Å². The van der Waals surface area contributed by atoms with Gasteiger partial charge in [0.15, 0.2) is 0 Å². The lowest BCUT2D eigenvalue weighted by Gasteiger charge is -2.29. The number of amides is 3. The highest BCUT2D eigenvalue weighted by molar-refractivity contribution is 7.99. The fraction of sp³-hybridized carbons (Fsp3) is 0.500. The fourth-order valence-electron chi connectivity index (χ4n) is 3.27. The summed E-state index contributed by atoms with van der Waals surface area (Å²) in [5.74, 6) is -0.372. The molecule has 0 spiro atoms. The first kappa shape index (κ1) is 22.1. The number of nitrogens with one attached hydrogen (secondary N) is 1. The molecule has 2 aliphatic heterocycles. The number of thioether (sulfide) groups is 1. The third-order valence-electron chi connectivity index (χ3n) is 4.75. The number of ether oxygens (including phenoxy) is 1. The smallest absolute Gasteiger partial charge is 0.308 e. The molecule has 2 saturated heterocycles. The minimum Gasteiger partial charge on any atom is -0.463 e. The zero-order chi connectivity index (χ0) is 21.5. The molecule has 3 rings (SSSR count). The second-order valence-electron chi connectivity index (χ2n) is 6.91. The van der Waals surface area contributed by atoms with Gasteiger partial charge in [-0.25, -0.2) is 5.06 Å². The number of rotatable bonds is 7. The van der Waals surface area contributed by atoms with Crippen molar-refractivity contribution >= 4 is 35.5 Å². The number of esters is 1. The van der Waals surface area contributed by atoms with Crippen molar-refractivity contribution in [2.45, 2.75) is 25.4 Å². The Kier molecular flexibility index (Phi) is 7.69. The zero-order valence-electron chi connectivity index (χ0n) is 16.7. The summed E-state index contributed by atoms with van der Waals surface area (Å²) in [4.78, 5) is 56.6. The maximum Gasteiger partial charge on any atom is 0.308 e. The minimum atomic E-state index is -0.727. The molecule has 0 aromatic heterocycles. The Bertz CT molecular complexity index is 790. The van der Waals surface area contributed by atoms with Crippen molar-refractivity contribution in [1.82, 2.24) is 15.3 Å². The standard InChI is InChI=1S/C20H25N3O6S/c1-2-29-23(15-10-18(25)28-12-15)17(24)11-22-8-9-30-13-16(20(22)27)21-19(26)14-6-4-3-5-7-14/h3-7,15-16H,2,8-13H2,1H3,(H,21,26). The molecule has 0 saturated carbocycles. The van der Waals surface area contributed by atoms with Gasteiger partial charge in [0.25, 0.3) is 11.8 Å². The lowest BCUT2D eigenvalue weighted by atomic mass is 10.2. The van der Waals surface area contributed by atoms with Crippen LogP contribution in [0.3, 0.4) is 0 Å².